The Balaban J connectivity index is 2.27. The number of benzene rings is 1. The van der Waals surface area contributed by atoms with Gasteiger partial charge in [0.25, 0.3) is 5.91 Å². The van der Waals surface area contributed by atoms with Crippen molar-refractivity contribution >= 4 is 39.1 Å². The van der Waals surface area contributed by atoms with Crippen LogP contribution in [0.25, 0.3) is 0 Å². The first-order valence-corrected chi connectivity index (χ1v) is 7.68. The molecule has 0 fully saturated rings. The number of aromatic nitrogens is 2. The molecule has 0 saturated heterocycles. The predicted molar refractivity (Wildman–Crippen MR) is 89.5 cm³/mol. The Bertz CT molecular complexity index is 729. The van der Waals surface area contributed by atoms with Crippen LogP contribution in [0.5, 0.6) is 5.75 Å². The number of rotatable bonds is 2. The predicted octanol–water partition coefficient (Wildman–Crippen LogP) is 4.15. The van der Waals surface area contributed by atoms with Crippen molar-refractivity contribution in [1.29, 1.82) is 0 Å². The first-order chi connectivity index (χ1) is 10.2. The van der Waals surface area contributed by atoms with Gasteiger partial charge in [-0.2, -0.15) is 0 Å². The number of halogens is 2. The van der Waals surface area contributed by atoms with Gasteiger partial charge in [-0.25, -0.2) is 4.98 Å². The molecular weight excluding hydrogens is 370 g/mol. The first kappa shape index (κ1) is 16.7. The first-order valence-electron chi connectivity index (χ1n) is 6.51. The number of carbonyl (C=O) groups excluding carboxylic acids is 1. The SMILES string of the molecule is CC(C)(C)c1ncc(C(=O)Nc2cc(Br)ccc2O)nc1Cl. The fraction of sp³-hybridized carbons (Fsp3) is 0.267. The Morgan fingerprint density at radius 1 is 1.36 bits per heavy atom. The lowest BCUT2D eigenvalue weighted by atomic mass is 9.92. The summed E-state index contributed by atoms with van der Waals surface area (Å²) in [4.78, 5) is 20.5. The van der Waals surface area contributed by atoms with Gasteiger partial charge < -0.3 is 10.4 Å². The number of nitrogens with zero attached hydrogens (tertiary/aromatic N) is 2. The van der Waals surface area contributed by atoms with Gasteiger partial charge in [0.1, 0.15) is 11.4 Å². The average Bonchev–Trinajstić information content (AvgIpc) is 2.41. The van der Waals surface area contributed by atoms with Crippen molar-refractivity contribution in [2.24, 2.45) is 0 Å². The van der Waals surface area contributed by atoms with E-state index in [9.17, 15) is 9.90 Å². The van der Waals surface area contributed by atoms with E-state index in [4.69, 9.17) is 11.6 Å². The number of carbonyl (C=O) groups is 1. The second-order valence-electron chi connectivity index (χ2n) is 5.76. The third-order valence-electron chi connectivity index (χ3n) is 2.88. The summed E-state index contributed by atoms with van der Waals surface area (Å²) < 4.78 is 0.729. The smallest absolute Gasteiger partial charge is 0.276 e. The van der Waals surface area contributed by atoms with Gasteiger partial charge in [-0.1, -0.05) is 48.3 Å². The molecule has 0 spiro atoms. The normalized spacial score (nSPS) is 11.3. The lowest BCUT2D eigenvalue weighted by Crippen LogP contribution is -2.19. The number of phenolic OH excluding ortho intramolecular Hbond substituents is 1. The van der Waals surface area contributed by atoms with Gasteiger partial charge in [-0.05, 0) is 18.2 Å². The van der Waals surface area contributed by atoms with Crippen LogP contribution in [-0.4, -0.2) is 21.0 Å². The molecule has 7 heteroatoms. The van der Waals surface area contributed by atoms with E-state index in [1.165, 1.54) is 12.3 Å². The van der Waals surface area contributed by atoms with Crippen LogP contribution in [-0.2, 0) is 5.41 Å². The number of aromatic hydroxyl groups is 1. The summed E-state index contributed by atoms with van der Waals surface area (Å²) in [5, 5.41) is 12.5. The fourth-order valence-electron chi connectivity index (χ4n) is 1.77. The highest BCUT2D eigenvalue weighted by Gasteiger charge is 2.22. The molecule has 0 bridgehead atoms. The highest BCUT2D eigenvalue weighted by molar-refractivity contribution is 9.10. The molecule has 1 heterocycles. The molecule has 0 aliphatic heterocycles. The lowest BCUT2D eigenvalue weighted by Gasteiger charge is -2.18. The van der Waals surface area contributed by atoms with Gasteiger partial charge in [-0.3, -0.25) is 9.78 Å². The largest absolute Gasteiger partial charge is 0.506 e. The van der Waals surface area contributed by atoms with Crippen LogP contribution in [0, 0.1) is 0 Å². The standard InChI is InChI=1S/C15H15BrClN3O2/c1-15(2,3)12-13(17)19-10(7-18-12)14(22)20-9-6-8(16)4-5-11(9)21/h4-7,21H,1-3H3,(H,20,22). The third kappa shape index (κ3) is 3.75. The van der Waals surface area contributed by atoms with Crippen molar-refractivity contribution in [2.45, 2.75) is 26.2 Å². The molecule has 0 radical (unpaired) electrons. The zero-order chi connectivity index (χ0) is 16.5. The van der Waals surface area contributed by atoms with Crippen LogP contribution in [0.3, 0.4) is 0 Å². The molecule has 2 rings (SSSR count). The Hall–Kier alpha value is -1.66. The zero-order valence-corrected chi connectivity index (χ0v) is 14.7. The minimum Gasteiger partial charge on any atom is -0.506 e. The Morgan fingerprint density at radius 2 is 2.05 bits per heavy atom. The van der Waals surface area contributed by atoms with Crippen molar-refractivity contribution in [3.05, 3.63) is 45.4 Å². The van der Waals surface area contributed by atoms with Crippen molar-refractivity contribution in [2.75, 3.05) is 5.32 Å². The van der Waals surface area contributed by atoms with E-state index < -0.39 is 5.91 Å². The molecule has 0 atom stereocenters. The Kier molecular flexibility index (Phi) is 4.72. The molecule has 22 heavy (non-hydrogen) atoms. The summed E-state index contributed by atoms with van der Waals surface area (Å²) in [7, 11) is 0. The Morgan fingerprint density at radius 3 is 2.64 bits per heavy atom. The van der Waals surface area contributed by atoms with Crippen LogP contribution < -0.4 is 5.32 Å². The van der Waals surface area contributed by atoms with Crippen LogP contribution in [0.15, 0.2) is 28.9 Å². The molecular formula is C15H15BrClN3O2. The number of anilines is 1. The summed E-state index contributed by atoms with van der Waals surface area (Å²) in [5.74, 6) is -0.537. The molecule has 1 aromatic carbocycles. The number of nitrogens with one attached hydrogen (secondary N) is 1. The molecule has 116 valence electrons. The quantitative estimate of drug-likeness (QED) is 0.763. The minimum atomic E-state index is -0.497. The van der Waals surface area contributed by atoms with Crippen LogP contribution >= 0.6 is 27.5 Å². The van der Waals surface area contributed by atoms with E-state index in [1.54, 1.807) is 12.1 Å². The molecule has 1 amide bonds. The van der Waals surface area contributed by atoms with E-state index in [0.29, 0.717) is 5.69 Å². The van der Waals surface area contributed by atoms with E-state index in [0.717, 1.165) is 4.47 Å². The van der Waals surface area contributed by atoms with Gasteiger partial charge in [0.05, 0.1) is 17.6 Å². The third-order valence-corrected chi connectivity index (χ3v) is 3.64. The maximum Gasteiger partial charge on any atom is 0.276 e. The van der Waals surface area contributed by atoms with E-state index in [2.05, 4.69) is 31.2 Å². The molecule has 0 aliphatic carbocycles. The average molecular weight is 385 g/mol. The van der Waals surface area contributed by atoms with E-state index in [1.807, 2.05) is 20.8 Å². The molecule has 2 N–H and O–H groups in total. The summed E-state index contributed by atoms with van der Waals surface area (Å²) >= 11 is 9.38. The van der Waals surface area contributed by atoms with Crippen molar-refractivity contribution in [1.82, 2.24) is 9.97 Å². The number of hydrogen-bond acceptors (Lipinski definition) is 4. The summed E-state index contributed by atoms with van der Waals surface area (Å²) in [6, 6.07) is 4.73. The summed E-state index contributed by atoms with van der Waals surface area (Å²) in [5.41, 5.74) is 0.715. The summed E-state index contributed by atoms with van der Waals surface area (Å²) in [6.45, 7) is 5.88. The molecule has 1 aromatic heterocycles. The monoisotopic (exact) mass is 383 g/mol. The molecule has 0 unspecified atom stereocenters. The molecule has 0 aliphatic rings. The highest BCUT2D eigenvalue weighted by atomic mass is 79.9. The number of hydrogen-bond donors (Lipinski definition) is 2. The van der Waals surface area contributed by atoms with Crippen molar-refractivity contribution in [3.63, 3.8) is 0 Å². The Labute approximate surface area is 141 Å². The van der Waals surface area contributed by atoms with Gasteiger partial charge in [0.15, 0.2) is 5.15 Å². The minimum absolute atomic E-state index is 0.0399. The fourth-order valence-corrected chi connectivity index (χ4v) is 2.56. The van der Waals surface area contributed by atoms with Gasteiger partial charge >= 0.3 is 0 Å². The maximum absolute atomic E-state index is 12.2. The second kappa shape index (κ2) is 6.22. The number of phenols is 1. The van der Waals surface area contributed by atoms with Gasteiger partial charge in [0, 0.05) is 9.89 Å². The van der Waals surface area contributed by atoms with Crippen LogP contribution in [0.1, 0.15) is 37.0 Å². The highest BCUT2D eigenvalue weighted by Crippen LogP contribution is 2.28. The van der Waals surface area contributed by atoms with Crippen LogP contribution in [0.2, 0.25) is 5.15 Å². The topological polar surface area (TPSA) is 75.1 Å². The maximum atomic E-state index is 12.2. The van der Waals surface area contributed by atoms with Gasteiger partial charge in [-0.15, -0.1) is 0 Å². The summed E-state index contributed by atoms with van der Waals surface area (Å²) in [6.07, 6.45) is 1.37. The number of amides is 1. The molecule has 2 aromatic rings. The molecule has 0 saturated carbocycles. The van der Waals surface area contributed by atoms with Gasteiger partial charge in [0.2, 0.25) is 0 Å². The second-order valence-corrected chi connectivity index (χ2v) is 7.03. The zero-order valence-electron chi connectivity index (χ0n) is 12.3. The molecule has 5 nitrogen and oxygen atoms in total. The van der Waals surface area contributed by atoms with Crippen LogP contribution in [0.4, 0.5) is 5.69 Å². The van der Waals surface area contributed by atoms with E-state index >= 15 is 0 Å². The lowest BCUT2D eigenvalue weighted by molar-refractivity contribution is 0.102. The van der Waals surface area contributed by atoms with Crippen molar-refractivity contribution in [3.8, 4) is 5.75 Å². The van der Waals surface area contributed by atoms with E-state index in [-0.39, 0.29) is 27.7 Å². The van der Waals surface area contributed by atoms with Crippen molar-refractivity contribution < 1.29 is 9.90 Å².